The summed E-state index contributed by atoms with van der Waals surface area (Å²) in [4.78, 5) is 38.6. The number of benzene rings is 3. The molecule has 3 N–H and O–H groups in total. The number of hydrogen-bond acceptors (Lipinski definition) is 10. The van der Waals surface area contributed by atoms with Gasteiger partial charge in [-0.2, -0.15) is 0 Å². The lowest BCUT2D eigenvalue weighted by Gasteiger charge is -2.44. The van der Waals surface area contributed by atoms with Gasteiger partial charge in [0.15, 0.2) is 6.29 Å². The molecule has 0 unspecified atom stereocenters. The van der Waals surface area contributed by atoms with E-state index in [1.54, 1.807) is 12.4 Å². The van der Waals surface area contributed by atoms with Gasteiger partial charge in [0, 0.05) is 69.6 Å². The van der Waals surface area contributed by atoms with Gasteiger partial charge in [-0.05, 0) is 28.3 Å². The van der Waals surface area contributed by atoms with Crippen LogP contribution in [0.2, 0.25) is 0 Å². The second-order valence-corrected chi connectivity index (χ2v) is 13.0. The number of methoxy groups -OCH3 is 1. The number of rotatable bonds is 12. The first-order valence-corrected chi connectivity index (χ1v) is 17.4. The van der Waals surface area contributed by atoms with Gasteiger partial charge in [0.25, 0.3) is 0 Å². The predicted octanol–water partition coefficient (Wildman–Crippen LogP) is 4.17. The molecular weight excluding hydrogens is 648 g/mol. The number of amides is 2. The van der Waals surface area contributed by atoms with Gasteiger partial charge in [0.2, 0.25) is 5.95 Å². The molecule has 2 aliphatic rings. The van der Waals surface area contributed by atoms with Gasteiger partial charge in [-0.25, -0.2) is 19.6 Å². The molecule has 0 spiro atoms. The average Bonchev–Trinajstić information content (AvgIpc) is 3.18. The smallest absolute Gasteiger partial charge is 0.328 e. The zero-order valence-electron chi connectivity index (χ0n) is 29.1. The van der Waals surface area contributed by atoms with Crippen LogP contribution in [0, 0.1) is 5.92 Å². The second kappa shape index (κ2) is 17.4. The standard InChI is InChI=1S/C39H46N6O6/c1-27-34(25-44-19-21-45(22-20-44)38-40-17-6-18-41-38)50-37(51-35(27)31-13-11-30(26-46)12-14-31)32-15-9-29(10-16-32)24-42-39(48)43-33(36(47)49-2)23-28-7-4-3-5-8-28/h3-18,27,33-35,37,46H,19-26H2,1-2H3,(H2,42,43,48)/t27-,33+,34+,35+,37+/m1/s1. The Bertz CT molecular complexity index is 1690. The van der Waals surface area contributed by atoms with E-state index in [2.05, 4.69) is 37.3 Å². The van der Waals surface area contributed by atoms with Crippen molar-refractivity contribution in [1.29, 1.82) is 0 Å². The van der Waals surface area contributed by atoms with Gasteiger partial charge in [-0.3, -0.25) is 4.90 Å². The fourth-order valence-electron chi connectivity index (χ4n) is 6.54. The molecule has 2 amide bonds. The molecule has 0 saturated carbocycles. The Balaban J connectivity index is 1.09. The van der Waals surface area contributed by atoms with E-state index in [4.69, 9.17) is 14.2 Å². The van der Waals surface area contributed by atoms with Gasteiger partial charge in [0.1, 0.15) is 6.04 Å². The predicted molar refractivity (Wildman–Crippen MR) is 191 cm³/mol. The zero-order chi connectivity index (χ0) is 35.6. The van der Waals surface area contributed by atoms with E-state index < -0.39 is 24.3 Å². The molecule has 3 heterocycles. The lowest BCUT2D eigenvalue weighted by molar-refractivity contribution is -0.276. The summed E-state index contributed by atoms with van der Waals surface area (Å²) in [7, 11) is 1.31. The number of carbonyl (C=O) groups excluding carboxylic acids is 2. The van der Waals surface area contributed by atoms with Crippen LogP contribution in [0.3, 0.4) is 0 Å². The molecule has 3 aromatic carbocycles. The maximum atomic E-state index is 12.8. The number of aliphatic hydroxyl groups is 1. The van der Waals surface area contributed by atoms with Crippen LogP contribution in [0.1, 0.15) is 47.1 Å². The van der Waals surface area contributed by atoms with Crippen molar-refractivity contribution < 1.29 is 28.9 Å². The highest BCUT2D eigenvalue weighted by molar-refractivity contribution is 5.83. The normalized spacial score (nSPS) is 21.4. The van der Waals surface area contributed by atoms with Crippen molar-refractivity contribution in [3.05, 3.63) is 125 Å². The van der Waals surface area contributed by atoms with Crippen molar-refractivity contribution >= 4 is 17.9 Å². The van der Waals surface area contributed by atoms with E-state index in [0.717, 1.165) is 66.5 Å². The summed E-state index contributed by atoms with van der Waals surface area (Å²) in [5.41, 5.74) is 4.55. The Morgan fingerprint density at radius 2 is 1.53 bits per heavy atom. The third-order valence-corrected chi connectivity index (χ3v) is 9.55. The van der Waals surface area contributed by atoms with Crippen LogP contribution in [0.5, 0.6) is 0 Å². The molecule has 0 radical (unpaired) electrons. The molecule has 2 saturated heterocycles. The minimum absolute atomic E-state index is 0.0157. The third kappa shape index (κ3) is 9.47. The van der Waals surface area contributed by atoms with Gasteiger partial charge >= 0.3 is 12.0 Å². The van der Waals surface area contributed by atoms with Gasteiger partial charge in [-0.1, -0.05) is 85.8 Å². The summed E-state index contributed by atoms with van der Waals surface area (Å²) in [5, 5.41) is 15.2. The van der Waals surface area contributed by atoms with Gasteiger partial charge in [-0.15, -0.1) is 0 Å². The van der Waals surface area contributed by atoms with Crippen LogP contribution < -0.4 is 15.5 Å². The summed E-state index contributed by atoms with van der Waals surface area (Å²) in [5.74, 6) is 0.312. The van der Waals surface area contributed by atoms with Crippen LogP contribution in [0.15, 0.2) is 97.3 Å². The maximum absolute atomic E-state index is 12.8. The van der Waals surface area contributed by atoms with Crippen molar-refractivity contribution in [2.75, 3.05) is 44.7 Å². The highest BCUT2D eigenvalue weighted by atomic mass is 16.7. The van der Waals surface area contributed by atoms with Crippen LogP contribution in [0.4, 0.5) is 10.7 Å². The zero-order valence-corrected chi connectivity index (χ0v) is 29.1. The van der Waals surface area contributed by atoms with Crippen molar-refractivity contribution in [3.8, 4) is 0 Å². The monoisotopic (exact) mass is 694 g/mol. The number of anilines is 1. The minimum Gasteiger partial charge on any atom is -0.467 e. The number of piperazine rings is 1. The molecule has 12 nitrogen and oxygen atoms in total. The number of urea groups is 1. The summed E-state index contributed by atoms with van der Waals surface area (Å²) >= 11 is 0. The van der Waals surface area contributed by atoms with Gasteiger partial charge < -0.3 is 34.9 Å². The molecule has 0 bridgehead atoms. The van der Waals surface area contributed by atoms with E-state index in [1.807, 2.05) is 84.9 Å². The summed E-state index contributed by atoms with van der Waals surface area (Å²) in [6.45, 7) is 6.58. The SMILES string of the molecule is COC(=O)[C@H](Cc1ccccc1)NC(=O)NCc1ccc([C@H]2O[C@@H](CN3CCN(c4ncccn4)CC3)[C@@H](C)[C@@H](c3ccc(CO)cc3)O2)cc1. The molecule has 6 rings (SSSR count). The number of ether oxygens (including phenoxy) is 3. The van der Waals surface area contributed by atoms with Crippen LogP contribution in [-0.2, 0) is 38.6 Å². The Hall–Kier alpha value is -4.88. The summed E-state index contributed by atoms with van der Waals surface area (Å²) in [6, 6.07) is 25.7. The largest absolute Gasteiger partial charge is 0.467 e. The molecule has 4 aromatic rings. The molecule has 0 aliphatic carbocycles. The summed E-state index contributed by atoms with van der Waals surface area (Å²) < 4.78 is 18.3. The molecule has 12 heteroatoms. The molecule has 2 fully saturated rings. The maximum Gasteiger partial charge on any atom is 0.328 e. The van der Waals surface area contributed by atoms with E-state index in [9.17, 15) is 14.7 Å². The van der Waals surface area contributed by atoms with Crippen LogP contribution in [0.25, 0.3) is 0 Å². The molecule has 51 heavy (non-hydrogen) atoms. The minimum atomic E-state index is -0.815. The van der Waals surface area contributed by atoms with E-state index in [0.29, 0.717) is 6.42 Å². The van der Waals surface area contributed by atoms with E-state index >= 15 is 0 Å². The quantitative estimate of drug-likeness (QED) is 0.185. The summed E-state index contributed by atoms with van der Waals surface area (Å²) in [6.07, 6.45) is 2.95. The van der Waals surface area contributed by atoms with Crippen molar-refractivity contribution in [1.82, 2.24) is 25.5 Å². The van der Waals surface area contributed by atoms with Gasteiger partial charge in [0.05, 0.1) is 25.9 Å². The number of nitrogens with one attached hydrogen (secondary N) is 2. The Kier molecular flexibility index (Phi) is 12.2. The number of carbonyl (C=O) groups is 2. The highest BCUT2D eigenvalue weighted by Crippen LogP contribution is 2.42. The topological polar surface area (TPSA) is 138 Å². The Labute approximate surface area is 298 Å². The molecule has 2 aliphatic heterocycles. The molecule has 1 aromatic heterocycles. The number of nitrogens with zero attached hydrogens (tertiary/aromatic N) is 4. The number of esters is 1. The Morgan fingerprint density at radius 1 is 0.863 bits per heavy atom. The first-order valence-electron chi connectivity index (χ1n) is 17.4. The lowest BCUT2D eigenvalue weighted by Crippen LogP contribution is -2.51. The van der Waals surface area contributed by atoms with Crippen molar-refractivity contribution in [2.24, 2.45) is 5.92 Å². The fraction of sp³-hybridized carbons (Fsp3) is 0.385. The highest BCUT2D eigenvalue weighted by Gasteiger charge is 2.39. The number of aliphatic hydroxyl groups excluding tert-OH is 1. The number of hydrogen-bond donors (Lipinski definition) is 3. The molecular formula is C39H46N6O6. The van der Waals surface area contributed by atoms with Crippen molar-refractivity contribution in [3.63, 3.8) is 0 Å². The van der Waals surface area contributed by atoms with E-state index in [-0.39, 0.29) is 31.3 Å². The van der Waals surface area contributed by atoms with E-state index in [1.165, 1.54) is 7.11 Å². The first kappa shape index (κ1) is 35.9. The number of aromatic nitrogens is 2. The third-order valence-electron chi connectivity index (χ3n) is 9.55. The van der Waals surface area contributed by atoms with Crippen LogP contribution >= 0.6 is 0 Å². The van der Waals surface area contributed by atoms with Crippen molar-refractivity contribution in [2.45, 2.75) is 51.0 Å². The fourth-order valence-corrected chi connectivity index (χ4v) is 6.54. The first-order chi connectivity index (χ1) is 24.9. The second-order valence-electron chi connectivity index (χ2n) is 13.0. The average molecular weight is 695 g/mol. The lowest BCUT2D eigenvalue weighted by atomic mass is 9.90. The molecule has 5 atom stereocenters. The van der Waals surface area contributed by atoms with Crippen LogP contribution in [-0.4, -0.2) is 84.0 Å². The molecule has 268 valence electrons. The Morgan fingerprint density at radius 3 is 2.20 bits per heavy atom.